The van der Waals surface area contributed by atoms with Crippen LogP contribution in [-0.4, -0.2) is 22.1 Å². The van der Waals surface area contributed by atoms with Crippen molar-refractivity contribution in [3.05, 3.63) is 70.4 Å². The highest BCUT2D eigenvalue weighted by Gasteiger charge is 2.18. The molecule has 7 nitrogen and oxygen atoms in total. The van der Waals surface area contributed by atoms with E-state index in [9.17, 15) is 4.79 Å². The third-order valence-corrected chi connectivity index (χ3v) is 3.66. The molecule has 1 amide bonds. The molecule has 3 N–H and O–H groups in total. The number of carbonyl (C=O) groups is 1. The first-order chi connectivity index (χ1) is 12.0. The van der Waals surface area contributed by atoms with Gasteiger partial charge in [0.15, 0.2) is 11.5 Å². The lowest BCUT2D eigenvalue weighted by Crippen LogP contribution is -2.19. The standard InChI is InChI=1S/C17H14ClN5O2/c1-10-5-4-6-11(9-10)20-15(19)14-16(23-25-22-14)21-17(24)12-7-2-3-8-13(12)18/h2-9H,1H3,(H2,19,20)(H,21,23,24). The van der Waals surface area contributed by atoms with Crippen molar-refractivity contribution in [2.24, 2.45) is 10.7 Å². The summed E-state index contributed by atoms with van der Waals surface area (Å²) in [5, 5.41) is 10.3. The van der Waals surface area contributed by atoms with E-state index in [-0.39, 0.29) is 17.3 Å². The molecule has 25 heavy (non-hydrogen) atoms. The minimum Gasteiger partial charge on any atom is -0.382 e. The van der Waals surface area contributed by atoms with E-state index in [1.54, 1.807) is 30.3 Å². The quantitative estimate of drug-likeness (QED) is 0.551. The van der Waals surface area contributed by atoms with Crippen LogP contribution >= 0.6 is 11.6 Å². The van der Waals surface area contributed by atoms with Gasteiger partial charge in [-0.2, -0.15) is 0 Å². The van der Waals surface area contributed by atoms with Gasteiger partial charge in [0.05, 0.1) is 16.3 Å². The van der Waals surface area contributed by atoms with E-state index in [4.69, 9.17) is 17.3 Å². The Morgan fingerprint density at radius 3 is 2.76 bits per heavy atom. The highest BCUT2D eigenvalue weighted by molar-refractivity contribution is 6.34. The summed E-state index contributed by atoms with van der Waals surface area (Å²) in [6.07, 6.45) is 0. The third-order valence-electron chi connectivity index (χ3n) is 3.33. The van der Waals surface area contributed by atoms with Crippen molar-refractivity contribution in [2.75, 3.05) is 5.32 Å². The number of hydrogen-bond donors (Lipinski definition) is 2. The first kappa shape index (κ1) is 16.7. The van der Waals surface area contributed by atoms with Gasteiger partial charge >= 0.3 is 0 Å². The molecular formula is C17H14ClN5O2. The van der Waals surface area contributed by atoms with Crippen LogP contribution in [0, 0.1) is 6.92 Å². The molecule has 1 aromatic heterocycles. The maximum Gasteiger partial charge on any atom is 0.258 e. The van der Waals surface area contributed by atoms with Crippen molar-refractivity contribution in [3.63, 3.8) is 0 Å². The smallest absolute Gasteiger partial charge is 0.258 e. The Kier molecular flexibility index (Phi) is 4.76. The predicted octanol–water partition coefficient (Wildman–Crippen LogP) is 3.32. The number of benzene rings is 2. The Hall–Kier alpha value is -3.19. The van der Waals surface area contributed by atoms with Gasteiger partial charge in [0.25, 0.3) is 5.91 Å². The first-order valence-electron chi connectivity index (χ1n) is 7.34. The SMILES string of the molecule is Cc1cccc(N=C(N)c2nonc2NC(=O)c2ccccc2Cl)c1. The Bertz CT molecular complexity index is 951. The van der Waals surface area contributed by atoms with E-state index >= 15 is 0 Å². The molecule has 0 saturated carbocycles. The Labute approximate surface area is 148 Å². The molecule has 3 rings (SSSR count). The van der Waals surface area contributed by atoms with Crippen LogP contribution in [0.4, 0.5) is 11.5 Å². The van der Waals surface area contributed by atoms with Crippen molar-refractivity contribution in [2.45, 2.75) is 6.92 Å². The molecule has 0 atom stereocenters. The second kappa shape index (κ2) is 7.14. The van der Waals surface area contributed by atoms with Crippen molar-refractivity contribution >= 4 is 34.8 Å². The highest BCUT2D eigenvalue weighted by Crippen LogP contribution is 2.19. The van der Waals surface area contributed by atoms with E-state index in [0.29, 0.717) is 16.3 Å². The molecule has 0 unspecified atom stereocenters. The van der Waals surface area contributed by atoms with Gasteiger partial charge in [-0.1, -0.05) is 35.9 Å². The van der Waals surface area contributed by atoms with Gasteiger partial charge in [-0.3, -0.25) is 4.79 Å². The number of aliphatic imine (C=N–C) groups is 1. The summed E-state index contributed by atoms with van der Waals surface area (Å²) < 4.78 is 4.69. The molecule has 0 radical (unpaired) electrons. The summed E-state index contributed by atoms with van der Waals surface area (Å²) in [6.45, 7) is 1.95. The number of amides is 1. The van der Waals surface area contributed by atoms with E-state index in [1.165, 1.54) is 0 Å². The number of anilines is 1. The van der Waals surface area contributed by atoms with E-state index in [0.717, 1.165) is 5.56 Å². The number of aromatic nitrogens is 2. The van der Waals surface area contributed by atoms with Crippen molar-refractivity contribution in [1.29, 1.82) is 0 Å². The number of nitrogens with one attached hydrogen (secondary N) is 1. The lowest BCUT2D eigenvalue weighted by molar-refractivity contribution is 0.102. The number of rotatable bonds is 4. The normalized spacial score (nSPS) is 11.4. The van der Waals surface area contributed by atoms with E-state index in [2.05, 4.69) is 25.3 Å². The molecule has 8 heteroatoms. The predicted molar refractivity (Wildman–Crippen MR) is 95.3 cm³/mol. The second-order valence-electron chi connectivity index (χ2n) is 5.23. The molecule has 0 fully saturated rings. The van der Waals surface area contributed by atoms with Gasteiger partial charge in [0, 0.05) is 0 Å². The van der Waals surface area contributed by atoms with Crippen LogP contribution in [0.15, 0.2) is 58.2 Å². The van der Waals surface area contributed by atoms with Crippen LogP contribution in [0.1, 0.15) is 21.6 Å². The molecule has 0 aliphatic rings. The minimum absolute atomic E-state index is 0.0684. The number of carbonyl (C=O) groups excluding carboxylic acids is 1. The van der Waals surface area contributed by atoms with Gasteiger partial charge in [-0.15, -0.1) is 0 Å². The molecule has 2 aromatic carbocycles. The molecule has 3 aromatic rings. The highest BCUT2D eigenvalue weighted by atomic mass is 35.5. The number of amidine groups is 1. The number of nitrogens with two attached hydrogens (primary N) is 1. The number of halogens is 1. The fourth-order valence-corrected chi connectivity index (χ4v) is 2.37. The number of nitrogens with zero attached hydrogens (tertiary/aromatic N) is 3. The van der Waals surface area contributed by atoms with Crippen LogP contribution in [0.2, 0.25) is 5.02 Å². The van der Waals surface area contributed by atoms with Crippen molar-refractivity contribution in [1.82, 2.24) is 10.3 Å². The zero-order valence-electron chi connectivity index (χ0n) is 13.2. The molecule has 1 heterocycles. The molecule has 126 valence electrons. The Morgan fingerprint density at radius 1 is 1.20 bits per heavy atom. The van der Waals surface area contributed by atoms with Crippen molar-refractivity contribution in [3.8, 4) is 0 Å². The molecule has 0 bridgehead atoms. The van der Waals surface area contributed by atoms with Crippen LogP contribution in [0.5, 0.6) is 0 Å². The van der Waals surface area contributed by atoms with Crippen molar-refractivity contribution < 1.29 is 9.42 Å². The van der Waals surface area contributed by atoms with Gasteiger partial charge in [-0.05, 0) is 47.1 Å². The summed E-state index contributed by atoms with van der Waals surface area (Å²) in [5.74, 6) is -0.314. The fraction of sp³-hybridized carbons (Fsp3) is 0.0588. The zero-order chi connectivity index (χ0) is 17.8. The van der Waals surface area contributed by atoms with Crippen LogP contribution < -0.4 is 11.1 Å². The zero-order valence-corrected chi connectivity index (χ0v) is 14.0. The molecular weight excluding hydrogens is 342 g/mol. The fourth-order valence-electron chi connectivity index (χ4n) is 2.15. The molecule has 0 aliphatic carbocycles. The third kappa shape index (κ3) is 3.84. The summed E-state index contributed by atoms with van der Waals surface area (Å²) in [4.78, 5) is 16.6. The summed E-state index contributed by atoms with van der Waals surface area (Å²) in [5.41, 5.74) is 8.11. The van der Waals surface area contributed by atoms with E-state index in [1.807, 2.05) is 25.1 Å². The lowest BCUT2D eigenvalue weighted by Gasteiger charge is -2.04. The number of aryl methyl sites for hydroxylation is 1. The molecule has 0 spiro atoms. The van der Waals surface area contributed by atoms with Crippen LogP contribution in [0.3, 0.4) is 0 Å². The Morgan fingerprint density at radius 2 is 2.00 bits per heavy atom. The van der Waals surface area contributed by atoms with Gasteiger partial charge in [0.1, 0.15) is 0 Å². The van der Waals surface area contributed by atoms with Gasteiger partial charge < -0.3 is 11.1 Å². The summed E-state index contributed by atoms with van der Waals surface area (Å²) in [6, 6.07) is 14.1. The van der Waals surface area contributed by atoms with Gasteiger partial charge in [-0.25, -0.2) is 9.62 Å². The summed E-state index contributed by atoms with van der Waals surface area (Å²) >= 11 is 6.02. The monoisotopic (exact) mass is 355 g/mol. The average molecular weight is 356 g/mol. The lowest BCUT2D eigenvalue weighted by atomic mass is 10.2. The van der Waals surface area contributed by atoms with Crippen LogP contribution in [-0.2, 0) is 0 Å². The molecule has 0 aliphatic heterocycles. The average Bonchev–Trinajstić information content (AvgIpc) is 3.03. The van der Waals surface area contributed by atoms with E-state index < -0.39 is 5.91 Å². The van der Waals surface area contributed by atoms with Crippen LogP contribution in [0.25, 0.3) is 0 Å². The number of hydrogen-bond acceptors (Lipinski definition) is 5. The second-order valence-corrected chi connectivity index (χ2v) is 5.64. The minimum atomic E-state index is -0.453. The maximum absolute atomic E-state index is 12.3. The largest absolute Gasteiger partial charge is 0.382 e. The first-order valence-corrected chi connectivity index (χ1v) is 7.72. The van der Waals surface area contributed by atoms with Gasteiger partial charge in [0.2, 0.25) is 5.82 Å². The molecule has 0 saturated heterocycles. The summed E-state index contributed by atoms with van der Waals surface area (Å²) in [7, 11) is 0. The Balaban J connectivity index is 1.85. The topological polar surface area (TPSA) is 106 Å². The maximum atomic E-state index is 12.3.